The molecule has 2 unspecified atom stereocenters. The van der Waals surface area contributed by atoms with Crippen molar-refractivity contribution in [3.05, 3.63) is 47.2 Å². The fraction of sp³-hybridized carbons (Fsp3) is 0.368. The summed E-state index contributed by atoms with van der Waals surface area (Å²) in [7, 11) is 0. The highest BCUT2D eigenvalue weighted by molar-refractivity contribution is 5.53. The van der Waals surface area contributed by atoms with Crippen LogP contribution in [-0.2, 0) is 0 Å². The van der Waals surface area contributed by atoms with Crippen LogP contribution in [0.25, 0.3) is 0 Å². The lowest BCUT2D eigenvalue weighted by molar-refractivity contribution is 0.194. The van der Waals surface area contributed by atoms with Crippen molar-refractivity contribution < 1.29 is 13.9 Å². The molecule has 30 heavy (non-hydrogen) atoms. The summed E-state index contributed by atoms with van der Waals surface area (Å²) in [6.45, 7) is 0.179. The number of aliphatic hydroxyl groups is 1. The average molecular weight is 414 g/mol. The predicted octanol–water partition coefficient (Wildman–Crippen LogP) is 2.39. The Morgan fingerprint density at radius 3 is 2.77 bits per heavy atom. The zero-order chi connectivity index (χ0) is 20.8. The van der Waals surface area contributed by atoms with Gasteiger partial charge in [-0.05, 0) is 25.3 Å². The summed E-state index contributed by atoms with van der Waals surface area (Å²) >= 11 is 0. The second-order valence-electron chi connectivity index (χ2n) is 7.65. The molecule has 0 spiro atoms. The lowest BCUT2D eigenvalue weighted by Crippen LogP contribution is -2.27. The van der Waals surface area contributed by atoms with Gasteiger partial charge in [0.15, 0.2) is 5.82 Å². The second kappa shape index (κ2) is 7.17. The molecule has 1 aliphatic heterocycles. The molecule has 1 saturated heterocycles. The van der Waals surface area contributed by atoms with Gasteiger partial charge in [0.05, 0.1) is 12.1 Å². The van der Waals surface area contributed by atoms with Crippen molar-refractivity contribution >= 4 is 23.7 Å². The molecule has 0 radical (unpaired) electrons. The number of nitrogens with zero attached hydrogens (tertiary/aromatic N) is 5. The molecule has 2 atom stereocenters. The number of anilines is 4. The Labute approximate surface area is 170 Å². The molecule has 156 valence electrons. The van der Waals surface area contributed by atoms with Crippen LogP contribution in [0.1, 0.15) is 42.5 Å². The van der Waals surface area contributed by atoms with Gasteiger partial charge in [0, 0.05) is 35.9 Å². The van der Waals surface area contributed by atoms with Crippen molar-refractivity contribution in [3.63, 3.8) is 0 Å². The van der Waals surface area contributed by atoms with E-state index >= 15 is 0 Å². The molecule has 0 bridgehead atoms. The molecule has 1 aromatic carbocycles. The third-order valence-electron chi connectivity index (χ3n) is 5.35. The molecule has 5 rings (SSSR count). The van der Waals surface area contributed by atoms with Gasteiger partial charge in [-0.2, -0.15) is 20.1 Å². The van der Waals surface area contributed by atoms with Crippen LogP contribution < -0.4 is 16.0 Å². The Morgan fingerprint density at radius 1 is 1.17 bits per heavy atom. The maximum absolute atomic E-state index is 14.4. The first-order valence-corrected chi connectivity index (χ1v) is 9.70. The number of nitrogen functional groups attached to an aromatic ring is 1. The topological polar surface area (TPSA) is 129 Å². The highest BCUT2D eigenvalue weighted by Crippen LogP contribution is 2.40. The first-order chi connectivity index (χ1) is 14.5. The average Bonchev–Trinajstić information content (AvgIpc) is 3.32. The summed E-state index contributed by atoms with van der Waals surface area (Å²) in [5.74, 6) is 0.0606. The molecular formula is C19H20F2N8O. The summed E-state index contributed by atoms with van der Waals surface area (Å²) in [5.41, 5.74) is 7.17. The molecular weight excluding hydrogens is 394 g/mol. The number of β-amino-alcohol motifs (C(OH)–C–C–N with tert-alkyl or cyclic N) is 1. The number of aromatic amines is 1. The minimum atomic E-state index is -0.721. The molecule has 11 heteroatoms. The van der Waals surface area contributed by atoms with E-state index < -0.39 is 23.8 Å². The van der Waals surface area contributed by atoms with Crippen LogP contribution in [0.15, 0.2) is 24.3 Å². The minimum Gasteiger partial charge on any atom is -0.391 e. The molecule has 2 fully saturated rings. The van der Waals surface area contributed by atoms with Crippen molar-refractivity contribution in [3.8, 4) is 0 Å². The van der Waals surface area contributed by atoms with Gasteiger partial charge in [0.25, 0.3) is 0 Å². The summed E-state index contributed by atoms with van der Waals surface area (Å²) < 4.78 is 27.7. The van der Waals surface area contributed by atoms with E-state index in [1.54, 1.807) is 4.90 Å². The fourth-order valence-corrected chi connectivity index (χ4v) is 3.79. The minimum absolute atomic E-state index is 0.0276. The van der Waals surface area contributed by atoms with E-state index in [1.165, 1.54) is 12.1 Å². The number of H-pyrrole nitrogens is 1. The van der Waals surface area contributed by atoms with Gasteiger partial charge >= 0.3 is 0 Å². The third-order valence-corrected chi connectivity index (χ3v) is 5.35. The summed E-state index contributed by atoms with van der Waals surface area (Å²) in [4.78, 5) is 14.3. The molecule has 0 amide bonds. The highest BCUT2D eigenvalue weighted by Gasteiger charge is 2.36. The Bertz CT molecular complexity index is 1090. The standard InChI is InChI=1S/C19H20F2N8O/c20-10-3-4-12(13(21)5-10)15-6-11(30)8-29(15)19-25-17(22)24-18(26-19)23-16-7-14(27-28-16)9-1-2-9/h3-5,7,9,11,15,30H,1-2,6,8H2,(H4,22,23,24,25,26,27,28). The number of nitrogens with two attached hydrogens (primary N) is 1. The maximum atomic E-state index is 14.4. The smallest absolute Gasteiger partial charge is 0.235 e. The molecule has 9 nitrogen and oxygen atoms in total. The normalized spacial score (nSPS) is 21.2. The van der Waals surface area contributed by atoms with Gasteiger partial charge < -0.3 is 21.1 Å². The number of halogens is 2. The second-order valence-corrected chi connectivity index (χ2v) is 7.65. The monoisotopic (exact) mass is 414 g/mol. The van der Waals surface area contributed by atoms with Crippen molar-refractivity contribution in [2.45, 2.75) is 37.3 Å². The first-order valence-electron chi connectivity index (χ1n) is 9.70. The van der Waals surface area contributed by atoms with E-state index in [0.29, 0.717) is 11.7 Å². The van der Waals surface area contributed by atoms with E-state index in [2.05, 4.69) is 30.5 Å². The zero-order valence-electron chi connectivity index (χ0n) is 15.9. The van der Waals surface area contributed by atoms with Crippen molar-refractivity contribution in [1.29, 1.82) is 0 Å². The van der Waals surface area contributed by atoms with Crippen LogP contribution in [0, 0.1) is 11.6 Å². The van der Waals surface area contributed by atoms with E-state index in [0.717, 1.165) is 24.6 Å². The number of rotatable bonds is 5. The van der Waals surface area contributed by atoms with Crippen LogP contribution in [0.5, 0.6) is 0 Å². The quantitative estimate of drug-likeness (QED) is 0.501. The molecule has 5 N–H and O–H groups in total. The lowest BCUT2D eigenvalue weighted by atomic mass is 10.0. The Balaban J connectivity index is 1.44. The van der Waals surface area contributed by atoms with Crippen LogP contribution in [0.2, 0.25) is 0 Å². The SMILES string of the molecule is Nc1nc(Nc2cc(C3CC3)[nH]n2)nc(N2CC(O)CC2c2ccc(F)cc2F)n1. The molecule has 1 saturated carbocycles. The first kappa shape index (κ1) is 18.7. The molecule has 2 aliphatic rings. The Morgan fingerprint density at radius 2 is 2.00 bits per heavy atom. The molecule has 3 heterocycles. The summed E-state index contributed by atoms with van der Waals surface area (Å²) in [6, 6.07) is 4.70. The van der Waals surface area contributed by atoms with Crippen LogP contribution in [0.4, 0.5) is 32.4 Å². The van der Waals surface area contributed by atoms with Crippen LogP contribution >= 0.6 is 0 Å². The van der Waals surface area contributed by atoms with Crippen molar-refractivity contribution in [2.75, 3.05) is 22.5 Å². The van der Waals surface area contributed by atoms with E-state index in [1.807, 2.05) is 6.07 Å². The molecule has 3 aromatic rings. The number of aromatic nitrogens is 5. The van der Waals surface area contributed by atoms with Crippen molar-refractivity contribution in [2.24, 2.45) is 0 Å². The third kappa shape index (κ3) is 3.63. The van der Waals surface area contributed by atoms with E-state index in [4.69, 9.17) is 5.73 Å². The summed E-state index contributed by atoms with van der Waals surface area (Å²) in [5, 5.41) is 20.4. The van der Waals surface area contributed by atoms with Gasteiger partial charge in [-0.25, -0.2) is 8.78 Å². The van der Waals surface area contributed by atoms with Crippen LogP contribution in [-0.4, -0.2) is 42.9 Å². The largest absolute Gasteiger partial charge is 0.391 e. The van der Waals surface area contributed by atoms with E-state index in [9.17, 15) is 13.9 Å². The number of nitrogens with one attached hydrogen (secondary N) is 2. The molecule has 2 aromatic heterocycles. The molecule has 1 aliphatic carbocycles. The van der Waals surface area contributed by atoms with Crippen LogP contribution in [0.3, 0.4) is 0 Å². The van der Waals surface area contributed by atoms with Gasteiger partial charge in [-0.3, -0.25) is 5.10 Å². The van der Waals surface area contributed by atoms with Gasteiger partial charge in [-0.15, -0.1) is 0 Å². The zero-order valence-corrected chi connectivity index (χ0v) is 15.9. The lowest BCUT2D eigenvalue weighted by Gasteiger charge is -2.25. The fourth-order valence-electron chi connectivity index (χ4n) is 3.79. The number of benzene rings is 1. The number of aliphatic hydroxyl groups excluding tert-OH is 1. The summed E-state index contributed by atoms with van der Waals surface area (Å²) in [6.07, 6.45) is 1.81. The Kier molecular flexibility index (Phi) is 4.46. The van der Waals surface area contributed by atoms with Crippen molar-refractivity contribution in [1.82, 2.24) is 25.1 Å². The maximum Gasteiger partial charge on any atom is 0.235 e. The predicted molar refractivity (Wildman–Crippen MR) is 105 cm³/mol. The van der Waals surface area contributed by atoms with E-state index in [-0.39, 0.29) is 36.4 Å². The number of hydrogen-bond donors (Lipinski definition) is 4. The van der Waals surface area contributed by atoms with Gasteiger partial charge in [0.2, 0.25) is 17.8 Å². The van der Waals surface area contributed by atoms with Gasteiger partial charge in [0.1, 0.15) is 11.6 Å². The Hall–Kier alpha value is -3.34. The van der Waals surface area contributed by atoms with Gasteiger partial charge in [-0.1, -0.05) is 6.07 Å². The highest BCUT2D eigenvalue weighted by atomic mass is 19.1. The number of hydrogen-bond acceptors (Lipinski definition) is 8.